The summed E-state index contributed by atoms with van der Waals surface area (Å²) in [5.74, 6) is 0.963. The molecule has 7 nitrogen and oxygen atoms in total. The number of thiazole rings is 1. The van der Waals surface area contributed by atoms with Gasteiger partial charge >= 0.3 is 0 Å². The molecule has 3 heterocycles. The second-order valence-electron chi connectivity index (χ2n) is 6.23. The molecule has 1 aliphatic heterocycles. The van der Waals surface area contributed by atoms with Gasteiger partial charge in [-0.2, -0.15) is 14.4 Å². The zero-order valence-electron chi connectivity index (χ0n) is 13.9. The second-order valence-corrected chi connectivity index (χ2v) is 7.31. The Labute approximate surface area is 143 Å². The van der Waals surface area contributed by atoms with Crippen molar-refractivity contribution in [1.82, 2.24) is 20.0 Å². The van der Waals surface area contributed by atoms with Crippen LogP contribution < -0.4 is 5.32 Å². The number of likely N-dealkylation sites (tertiary alicyclic amines) is 1. The van der Waals surface area contributed by atoms with Gasteiger partial charge in [0.25, 0.3) is 0 Å². The van der Waals surface area contributed by atoms with Gasteiger partial charge in [0.2, 0.25) is 17.7 Å². The van der Waals surface area contributed by atoms with Gasteiger partial charge in [-0.1, -0.05) is 16.5 Å². The lowest BCUT2D eigenvalue weighted by Gasteiger charge is -2.19. The molecule has 1 N–H and O–H groups in total. The summed E-state index contributed by atoms with van der Waals surface area (Å²) in [6.07, 6.45) is 1.77. The molecule has 0 aromatic carbocycles. The highest BCUT2D eigenvalue weighted by atomic mass is 32.1. The van der Waals surface area contributed by atoms with Crippen molar-refractivity contribution in [2.24, 2.45) is 5.92 Å². The number of halogens is 1. The minimum Gasteiger partial charge on any atom is -0.340 e. The van der Waals surface area contributed by atoms with E-state index in [1.165, 1.54) is 18.3 Å². The summed E-state index contributed by atoms with van der Waals surface area (Å²) >= 11 is 1.19. The second kappa shape index (κ2) is 6.94. The van der Waals surface area contributed by atoms with E-state index in [0.29, 0.717) is 34.4 Å². The summed E-state index contributed by atoms with van der Waals surface area (Å²) in [5, 5.41) is 6.78. The molecule has 2 aromatic heterocycles. The summed E-state index contributed by atoms with van der Waals surface area (Å²) in [5.41, 5.74) is 0. The maximum absolute atomic E-state index is 14.0. The monoisotopic (exact) mass is 353 g/mol. The van der Waals surface area contributed by atoms with Gasteiger partial charge in [-0.25, -0.2) is 0 Å². The minimum absolute atomic E-state index is 0.250. The van der Waals surface area contributed by atoms with Crippen LogP contribution in [0, 0.1) is 18.8 Å². The Hall–Kier alpha value is -1.87. The van der Waals surface area contributed by atoms with Crippen LogP contribution in [0.25, 0.3) is 0 Å². The van der Waals surface area contributed by atoms with Crippen LogP contribution in [0.2, 0.25) is 0 Å². The van der Waals surface area contributed by atoms with Crippen LogP contribution in [0.4, 0.5) is 9.52 Å². The average Bonchev–Trinajstić information content (AvgIpc) is 3.13. The molecule has 0 radical (unpaired) electrons. The number of rotatable bonds is 5. The van der Waals surface area contributed by atoms with E-state index >= 15 is 0 Å². The van der Waals surface area contributed by atoms with E-state index in [9.17, 15) is 9.18 Å². The summed E-state index contributed by atoms with van der Waals surface area (Å²) in [6, 6.07) is 0.341. The summed E-state index contributed by atoms with van der Waals surface area (Å²) < 4.78 is 19.0. The Kier molecular flexibility index (Phi) is 4.91. The molecule has 9 heteroatoms. The highest BCUT2D eigenvalue weighted by molar-refractivity contribution is 7.15. The number of nitrogens with zero attached hydrogens (tertiary/aromatic N) is 4. The van der Waals surface area contributed by atoms with Gasteiger partial charge in [0, 0.05) is 39.4 Å². The lowest BCUT2D eigenvalue weighted by atomic mass is 10.0. The highest BCUT2D eigenvalue weighted by Gasteiger charge is 2.31. The molecule has 0 aliphatic carbocycles. The predicted octanol–water partition coefficient (Wildman–Crippen LogP) is 2.39. The van der Waals surface area contributed by atoms with Crippen LogP contribution in [-0.2, 0) is 17.8 Å². The molecule has 1 fully saturated rings. The molecular formula is C15H20FN5O2S. The first-order valence-corrected chi connectivity index (χ1v) is 8.68. The number of aromatic nitrogens is 3. The standard InChI is InChI=1S/C15H20FN5O2S/c1-8-4-11(5-13-18-10(3)23-20-13)6-21(8)7-12-14(16)19-15(24-12)17-9(2)22/h8,11H,4-7H2,1-3H3,(H,17,19,22)/t8-,11-/m0/s1. The number of anilines is 1. The first kappa shape index (κ1) is 17.0. The summed E-state index contributed by atoms with van der Waals surface area (Å²) in [6.45, 7) is 6.63. The normalized spacial score (nSPS) is 21.3. The fourth-order valence-corrected chi connectivity index (χ4v) is 4.00. The van der Waals surface area contributed by atoms with E-state index in [1.807, 2.05) is 0 Å². The van der Waals surface area contributed by atoms with E-state index in [1.54, 1.807) is 6.92 Å². The van der Waals surface area contributed by atoms with Crippen molar-refractivity contribution in [2.45, 2.75) is 46.2 Å². The molecule has 3 rings (SSSR count). The van der Waals surface area contributed by atoms with E-state index in [0.717, 1.165) is 25.2 Å². The van der Waals surface area contributed by atoms with Gasteiger partial charge < -0.3 is 9.84 Å². The number of amides is 1. The van der Waals surface area contributed by atoms with Crippen molar-refractivity contribution < 1.29 is 13.7 Å². The molecule has 2 aromatic rings. The van der Waals surface area contributed by atoms with Crippen LogP contribution in [-0.4, -0.2) is 38.5 Å². The Morgan fingerprint density at radius 1 is 1.50 bits per heavy atom. The third-order valence-corrected chi connectivity index (χ3v) is 5.04. The molecule has 0 spiro atoms. The third kappa shape index (κ3) is 3.96. The topological polar surface area (TPSA) is 84.2 Å². The van der Waals surface area contributed by atoms with Crippen molar-refractivity contribution in [3.63, 3.8) is 0 Å². The lowest BCUT2D eigenvalue weighted by Crippen LogP contribution is -2.26. The maximum Gasteiger partial charge on any atom is 0.230 e. The molecule has 0 bridgehead atoms. The summed E-state index contributed by atoms with van der Waals surface area (Å²) in [7, 11) is 0. The minimum atomic E-state index is -0.506. The van der Waals surface area contributed by atoms with Crippen LogP contribution >= 0.6 is 11.3 Å². The zero-order valence-corrected chi connectivity index (χ0v) is 14.7. The molecule has 0 unspecified atom stereocenters. The highest BCUT2D eigenvalue weighted by Crippen LogP contribution is 2.30. The van der Waals surface area contributed by atoms with E-state index < -0.39 is 5.95 Å². The number of carbonyl (C=O) groups excluding carboxylic acids is 1. The smallest absolute Gasteiger partial charge is 0.230 e. The Morgan fingerprint density at radius 3 is 2.96 bits per heavy atom. The van der Waals surface area contributed by atoms with Gasteiger partial charge in [0.05, 0.1) is 4.88 Å². The molecular weight excluding hydrogens is 333 g/mol. The number of hydrogen-bond donors (Lipinski definition) is 1. The molecule has 1 saturated heterocycles. The van der Waals surface area contributed by atoms with Gasteiger partial charge in [0.15, 0.2) is 11.0 Å². The average molecular weight is 353 g/mol. The fraction of sp³-hybridized carbons (Fsp3) is 0.600. The number of nitrogens with one attached hydrogen (secondary N) is 1. The SMILES string of the molecule is CC(=O)Nc1nc(F)c(CN2C[C@H](Cc3noc(C)n3)C[C@@H]2C)s1. The van der Waals surface area contributed by atoms with Gasteiger partial charge in [-0.3, -0.25) is 9.69 Å². The first-order valence-electron chi connectivity index (χ1n) is 7.86. The lowest BCUT2D eigenvalue weighted by molar-refractivity contribution is -0.114. The molecule has 130 valence electrons. The van der Waals surface area contributed by atoms with Crippen LogP contribution in [0.1, 0.15) is 36.9 Å². The fourth-order valence-electron chi connectivity index (χ4n) is 3.09. The molecule has 0 saturated carbocycles. The van der Waals surface area contributed by atoms with Crippen LogP contribution in [0.5, 0.6) is 0 Å². The van der Waals surface area contributed by atoms with Crippen molar-refractivity contribution in [1.29, 1.82) is 0 Å². The third-order valence-electron chi connectivity index (χ3n) is 4.11. The zero-order chi connectivity index (χ0) is 17.3. The van der Waals surface area contributed by atoms with Crippen molar-refractivity contribution in [3.8, 4) is 0 Å². The van der Waals surface area contributed by atoms with E-state index in [2.05, 4.69) is 32.3 Å². The number of aryl methyl sites for hydroxylation is 1. The Bertz CT molecular complexity index is 731. The Morgan fingerprint density at radius 2 is 2.29 bits per heavy atom. The van der Waals surface area contributed by atoms with Gasteiger partial charge in [-0.05, 0) is 19.3 Å². The maximum atomic E-state index is 14.0. The first-order chi connectivity index (χ1) is 11.4. The van der Waals surface area contributed by atoms with E-state index in [-0.39, 0.29) is 5.91 Å². The van der Waals surface area contributed by atoms with Crippen molar-refractivity contribution in [3.05, 3.63) is 22.5 Å². The molecule has 1 amide bonds. The largest absolute Gasteiger partial charge is 0.340 e. The number of hydrogen-bond acceptors (Lipinski definition) is 7. The molecule has 2 atom stereocenters. The van der Waals surface area contributed by atoms with Crippen molar-refractivity contribution in [2.75, 3.05) is 11.9 Å². The number of carbonyl (C=O) groups is 1. The van der Waals surface area contributed by atoms with Gasteiger partial charge in [-0.15, -0.1) is 0 Å². The van der Waals surface area contributed by atoms with Crippen molar-refractivity contribution >= 4 is 22.4 Å². The van der Waals surface area contributed by atoms with E-state index in [4.69, 9.17) is 4.52 Å². The van der Waals surface area contributed by atoms with Crippen LogP contribution in [0.3, 0.4) is 0 Å². The Balaban J connectivity index is 1.61. The summed E-state index contributed by atoms with van der Waals surface area (Å²) in [4.78, 5) is 21.8. The molecule has 24 heavy (non-hydrogen) atoms. The predicted molar refractivity (Wildman–Crippen MR) is 87.1 cm³/mol. The molecule has 1 aliphatic rings. The van der Waals surface area contributed by atoms with Crippen LogP contribution in [0.15, 0.2) is 4.52 Å². The van der Waals surface area contributed by atoms with Gasteiger partial charge in [0.1, 0.15) is 0 Å². The quantitative estimate of drug-likeness (QED) is 0.888.